The lowest BCUT2D eigenvalue weighted by atomic mass is 10.1. The second-order valence-electron chi connectivity index (χ2n) is 6.38. The van der Waals surface area contributed by atoms with E-state index in [2.05, 4.69) is 15.3 Å². The molecule has 0 aliphatic rings. The highest BCUT2D eigenvalue weighted by atomic mass is 16.3. The van der Waals surface area contributed by atoms with Gasteiger partial charge in [0.15, 0.2) is 5.58 Å². The van der Waals surface area contributed by atoms with E-state index in [-0.39, 0.29) is 11.7 Å². The van der Waals surface area contributed by atoms with E-state index in [4.69, 9.17) is 4.42 Å². The summed E-state index contributed by atoms with van der Waals surface area (Å²) in [5.41, 5.74) is 4.89. The van der Waals surface area contributed by atoms with Gasteiger partial charge in [-0.1, -0.05) is 6.07 Å². The second-order valence-corrected chi connectivity index (χ2v) is 6.38. The highest BCUT2D eigenvalue weighted by Crippen LogP contribution is 2.34. The highest BCUT2D eigenvalue weighted by Gasteiger charge is 2.15. The number of rotatable bonds is 3. The van der Waals surface area contributed by atoms with Crippen LogP contribution in [0.15, 0.2) is 59.3 Å². The Balaban J connectivity index is 1.64. The lowest BCUT2D eigenvalue weighted by Gasteiger charge is -2.07. The summed E-state index contributed by atoms with van der Waals surface area (Å²) in [5.74, 6) is 0.00413. The molecule has 0 saturated heterocycles. The van der Waals surface area contributed by atoms with Crippen molar-refractivity contribution >= 4 is 22.7 Å². The van der Waals surface area contributed by atoms with Gasteiger partial charge in [0.1, 0.15) is 11.3 Å². The van der Waals surface area contributed by atoms with E-state index in [1.807, 2.05) is 26.0 Å². The molecular formula is C21H17N3O3. The zero-order valence-corrected chi connectivity index (χ0v) is 14.9. The van der Waals surface area contributed by atoms with Gasteiger partial charge in [-0.3, -0.25) is 9.78 Å². The topological polar surface area (TPSA) is 88.2 Å². The lowest BCUT2D eigenvalue weighted by Crippen LogP contribution is -2.11. The van der Waals surface area contributed by atoms with Crippen LogP contribution in [0.2, 0.25) is 0 Å². The minimum absolute atomic E-state index is 0.0279. The Hall–Kier alpha value is -3.67. The molecule has 2 N–H and O–H groups in total. The number of hydrogen-bond acceptors (Lipinski definition) is 5. The van der Waals surface area contributed by atoms with Gasteiger partial charge in [-0.25, -0.2) is 4.98 Å². The predicted molar refractivity (Wildman–Crippen MR) is 103 cm³/mol. The highest BCUT2D eigenvalue weighted by molar-refractivity contribution is 6.04. The molecule has 0 spiro atoms. The molecular weight excluding hydrogens is 342 g/mol. The summed E-state index contributed by atoms with van der Waals surface area (Å²) < 4.78 is 5.84. The van der Waals surface area contributed by atoms with Crippen molar-refractivity contribution in [2.45, 2.75) is 13.8 Å². The Labute approximate surface area is 155 Å². The van der Waals surface area contributed by atoms with Crippen molar-refractivity contribution in [1.29, 1.82) is 0 Å². The molecule has 0 fully saturated rings. The number of fused-ring (bicyclic) bond motifs is 1. The Morgan fingerprint density at radius 3 is 2.74 bits per heavy atom. The summed E-state index contributed by atoms with van der Waals surface area (Å²) in [6.45, 7) is 3.96. The van der Waals surface area contributed by atoms with Crippen molar-refractivity contribution in [2.75, 3.05) is 5.32 Å². The van der Waals surface area contributed by atoms with Crippen molar-refractivity contribution in [2.24, 2.45) is 0 Å². The number of aryl methyl sites for hydroxylation is 2. The Morgan fingerprint density at radius 1 is 1.15 bits per heavy atom. The first-order chi connectivity index (χ1) is 13.0. The summed E-state index contributed by atoms with van der Waals surface area (Å²) in [4.78, 5) is 20.6. The number of carbonyl (C=O) groups excluding carboxylic acids is 1. The third kappa shape index (κ3) is 3.25. The van der Waals surface area contributed by atoms with Crippen molar-refractivity contribution in [3.05, 3.63) is 71.5 Å². The van der Waals surface area contributed by atoms with Gasteiger partial charge in [-0.2, -0.15) is 0 Å². The number of hydrogen-bond donors (Lipinski definition) is 2. The molecule has 27 heavy (non-hydrogen) atoms. The summed E-state index contributed by atoms with van der Waals surface area (Å²) >= 11 is 0. The van der Waals surface area contributed by atoms with Crippen LogP contribution in [0, 0.1) is 13.8 Å². The van der Waals surface area contributed by atoms with Crippen molar-refractivity contribution in [3.8, 4) is 17.2 Å². The first-order valence-corrected chi connectivity index (χ1v) is 8.44. The number of nitrogens with zero attached hydrogens (tertiary/aromatic N) is 2. The maximum absolute atomic E-state index is 12.2. The molecule has 2 heterocycles. The van der Waals surface area contributed by atoms with Crippen LogP contribution in [0.3, 0.4) is 0 Å². The number of benzene rings is 2. The van der Waals surface area contributed by atoms with Gasteiger partial charge >= 0.3 is 0 Å². The normalized spacial score (nSPS) is 10.9. The fourth-order valence-electron chi connectivity index (χ4n) is 2.98. The van der Waals surface area contributed by atoms with Crippen LogP contribution in [-0.2, 0) is 0 Å². The van der Waals surface area contributed by atoms with Crippen LogP contribution in [0.4, 0.5) is 5.69 Å². The van der Waals surface area contributed by atoms with Crippen LogP contribution in [-0.4, -0.2) is 21.0 Å². The van der Waals surface area contributed by atoms with E-state index in [0.717, 1.165) is 16.6 Å². The molecule has 4 aromatic rings. The van der Waals surface area contributed by atoms with E-state index in [0.29, 0.717) is 28.3 Å². The monoisotopic (exact) mass is 359 g/mol. The van der Waals surface area contributed by atoms with Gasteiger partial charge in [-0.05, 0) is 55.3 Å². The maximum Gasteiger partial charge on any atom is 0.257 e. The summed E-state index contributed by atoms with van der Waals surface area (Å²) in [6, 6.07) is 12.1. The quantitative estimate of drug-likeness (QED) is 0.564. The third-order valence-electron chi connectivity index (χ3n) is 4.23. The number of phenolic OH excluding ortho intramolecular Hbond substituents is 1. The zero-order valence-electron chi connectivity index (χ0n) is 14.9. The predicted octanol–water partition coefficient (Wildman–Crippen LogP) is 4.46. The van der Waals surface area contributed by atoms with E-state index in [1.165, 1.54) is 12.3 Å². The average molecular weight is 359 g/mol. The average Bonchev–Trinajstić information content (AvgIpc) is 3.06. The number of carbonyl (C=O) groups is 1. The number of nitrogens with one attached hydrogen (secondary N) is 1. The van der Waals surface area contributed by atoms with Gasteiger partial charge in [0.2, 0.25) is 5.89 Å². The summed E-state index contributed by atoms with van der Waals surface area (Å²) in [5, 5.41) is 13.1. The zero-order chi connectivity index (χ0) is 19.0. The van der Waals surface area contributed by atoms with Crippen LogP contribution in [0.25, 0.3) is 22.6 Å². The number of pyridine rings is 1. The molecule has 134 valence electrons. The molecule has 2 aromatic heterocycles. The SMILES string of the molecule is Cc1cc(C)c2oc(-c3ccc(NC(=O)c4cccnc4)cc3O)nc2c1. The largest absolute Gasteiger partial charge is 0.507 e. The Kier molecular flexibility index (Phi) is 4.08. The molecule has 0 unspecified atom stereocenters. The molecule has 6 heteroatoms. The number of phenols is 1. The standard InChI is InChI=1S/C21H17N3O3/c1-12-8-13(2)19-17(9-12)24-21(27-19)16-6-5-15(10-18(16)25)23-20(26)14-4-3-7-22-11-14/h3-11,25H,1-2H3,(H,23,26). The number of aromatic hydroxyl groups is 1. The van der Waals surface area contributed by atoms with Crippen LogP contribution >= 0.6 is 0 Å². The fraction of sp³-hybridized carbons (Fsp3) is 0.0952. The molecule has 0 aliphatic carbocycles. The molecule has 2 aromatic carbocycles. The van der Waals surface area contributed by atoms with Crippen LogP contribution in [0.5, 0.6) is 5.75 Å². The number of aromatic nitrogens is 2. The lowest BCUT2D eigenvalue weighted by molar-refractivity contribution is 0.102. The van der Waals surface area contributed by atoms with Crippen molar-refractivity contribution in [3.63, 3.8) is 0 Å². The molecule has 0 saturated carbocycles. The van der Waals surface area contributed by atoms with Gasteiger partial charge < -0.3 is 14.8 Å². The van der Waals surface area contributed by atoms with Gasteiger partial charge in [0.25, 0.3) is 5.91 Å². The first kappa shape index (κ1) is 16.8. The molecule has 0 aliphatic heterocycles. The number of amides is 1. The van der Waals surface area contributed by atoms with E-state index < -0.39 is 0 Å². The minimum Gasteiger partial charge on any atom is -0.507 e. The molecule has 0 atom stereocenters. The molecule has 1 amide bonds. The van der Waals surface area contributed by atoms with Crippen LogP contribution in [0.1, 0.15) is 21.5 Å². The number of anilines is 1. The Bertz CT molecular complexity index is 1150. The van der Waals surface area contributed by atoms with Gasteiger partial charge in [0, 0.05) is 24.1 Å². The molecule has 6 nitrogen and oxygen atoms in total. The molecule has 0 bridgehead atoms. The number of oxazole rings is 1. The summed E-state index contributed by atoms with van der Waals surface area (Å²) in [6.07, 6.45) is 3.08. The van der Waals surface area contributed by atoms with Gasteiger partial charge in [0.05, 0.1) is 11.1 Å². The third-order valence-corrected chi connectivity index (χ3v) is 4.23. The van der Waals surface area contributed by atoms with E-state index in [9.17, 15) is 9.90 Å². The van der Waals surface area contributed by atoms with Gasteiger partial charge in [-0.15, -0.1) is 0 Å². The smallest absolute Gasteiger partial charge is 0.257 e. The Morgan fingerprint density at radius 2 is 2.00 bits per heavy atom. The summed E-state index contributed by atoms with van der Waals surface area (Å²) in [7, 11) is 0. The van der Waals surface area contributed by atoms with Crippen LogP contribution < -0.4 is 5.32 Å². The van der Waals surface area contributed by atoms with E-state index in [1.54, 1.807) is 30.5 Å². The first-order valence-electron chi connectivity index (χ1n) is 8.44. The maximum atomic E-state index is 12.2. The van der Waals surface area contributed by atoms with E-state index >= 15 is 0 Å². The minimum atomic E-state index is -0.303. The van der Waals surface area contributed by atoms with Crippen molar-refractivity contribution < 1.29 is 14.3 Å². The molecule has 4 rings (SSSR count). The molecule has 0 radical (unpaired) electrons. The second kappa shape index (κ2) is 6.57. The van der Waals surface area contributed by atoms with Crippen molar-refractivity contribution in [1.82, 2.24) is 9.97 Å². The fourth-order valence-corrected chi connectivity index (χ4v) is 2.98.